The molecule has 0 N–H and O–H groups in total. The van der Waals surface area contributed by atoms with Crippen LogP contribution in [0.15, 0.2) is 6.07 Å². The lowest BCUT2D eigenvalue weighted by Gasteiger charge is -2.55. The van der Waals surface area contributed by atoms with Crippen molar-refractivity contribution < 1.29 is 23.8 Å². The van der Waals surface area contributed by atoms with E-state index in [1.165, 1.54) is 19.6 Å². The number of carbonyl (C=O) groups is 2. The third-order valence-corrected chi connectivity index (χ3v) is 7.36. The molecule has 0 aromatic heterocycles. The van der Waals surface area contributed by atoms with Crippen molar-refractivity contribution in [2.75, 3.05) is 14.2 Å². The van der Waals surface area contributed by atoms with Crippen LogP contribution in [0.1, 0.15) is 89.3 Å². The zero-order chi connectivity index (χ0) is 22.3. The second-order valence-electron chi connectivity index (χ2n) is 9.95. The maximum absolute atomic E-state index is 12.7. The van der Waals surface area contributed by atoms with Crippen LogP contribution in [0.25, 0.3) is 0 Å². The van der Waals surface area contributed by atoms with E-state index in [2.05, 4.69) is 33.8 Å². The molecule has 1 aromatic rings. The van der Waals surface area contributed by atoms with Crippen molar-refractivity contribution in [3.8, 4) is 11.5 Å². The van der Waals surface area contributed by atoms with Gasteiger partial charge in [0.15, 0.2) is 11.5 Å². The number of ether oxygens (including phenoxy) is 3. The molecular weight excluding hydrogens is 380 g/mol. The SMILES string of the molecule is COC(=O)C[C@]12CCCC(C)(C)[C@@H]1CCc1cc(C(C)C)c(OC)c(OC(C)=O)c12. The summed E-state index contributed by atoms with van der Waals surface area (Å²) in [6, 6.07) is 2.21. The Labute approximate surface area is 180 Å². The molecule has 0 heterocycles. The minimum absolute atomic E-state index is 0.0847. The van der Waals surface area contributed by atoms with Gasteiger partial charge in [0, 0.05) is 23.5 Å². The molecule has 166 valence electrons. The molecule has 1 fully saturated rings. The third kappa shape index (κ3) is 3.72. The molecule has 1 saturated carbocycles. The van der Waals surface area contributed by atoms with E-state index < -0.39 is 5.41 Å². The summed E-state index contributed by atoms with van der Waals surface area (Å²) < 4.78 is 16.8. The van der Waals surface area contributed by atoms with Crippen LogP contribution in [0.5, 0.6) is 11.5 Å². The second-order valence-corrected chi connectivity index (χ2v) is 9.95. The predicted octanol–water partition coefficient (Wildman–Crippen LogP) is 5.32. The van der Waals surface area contributed by atoms with Crippen LogP contribution in [0.2, 0.25) is 0 Å². The van der Waals surface area contributed by atoms with Crippen molar-refractivity contribution in [3.05, 3.63) is 22.8 Å². The van der Waals surface area contributed by atoms with E-state index in [1.807, 2.05) is 0 Å². The van der Waals surface area contributed by atoms with Crippen LogP contribution in [0.4, 0.5) is 0 Å². The Kier molecular flexibility index (Phi) is 6.22. The van der Waals surface area contributed by atoms with Crippen LogP contribution in [0.3, 0.4) is 0 Å². The fourth-order valence-corrected chi connectivity index (χ4v) is 6.19. The number of methoxy groups -OCH3 is 2. The summed E-state index contributed by atoms with van der Waals surface area (Å²) in [5, 5.41) is 0. The maximum Gasteiger partial charge on any atom is 0.308 e. The van der Waals surface area contributed by atoms with Gasteiger partial charge in [-0.05, 0) is 48.5 Å². The third-order valence-electron chi connectivity index (χ3n) is 7.36. The molecule has 0 unspecified atom stereocenters. The van der Waals surface area contributed by atoms with Gasteiger partial charge in [-0.3, -0.25) is 9.59 Å². The van der Waals surface area contributed by atoms with E-state index in [-0.39, 0.29) is 23.3 Å². The quantitative estimate of drug-likeness (QED) is 0.480. The average molecular weight is 417 g/mol. The van der Waals surface area contributed by atoms with Crippen molar-refractivity contribution >= 4 is 11.9 Å². The molecule has 3 rings (SSSR count). The number of rotatable bonds is 5. The summed E-state index contributed by atoms with van der Waals surface area (Å²) in [6.07, 6.45) is 5.24. The van der Waals surface area contributed by atoms with Crippen molar-refractivity contribution in [2.45, 2.75) is 84.5 Å². The van der Waals surface area contributed by atoms with Crippen molar-refractivity contribution in [1.82, 2.24) is 0 Å². The zero-order valence-corrected chi connectivity index (χ0v) is 19.5. The Morgan fingerprint density at radius 3 is 2.43 bits per heavy atom. The Morgan fingerprint density at radius 1 is 1.17 bits per heavy atom. The first-order valence-electron chi connectivity index (χ1n) is 11.1. The Morgan fingerprint density at radius 2 is 1.87 bits per heavy atom. The van der Waals surface area contributed by atoms with Crippen LogP contribution in [0, 0.1) is 11.3 Å². The number of carbonyl (C=O) groups excluding carboxylic acids is 2. The number of benzene rings is 1. The lowest BCUT2D eigenvalue weighted by Crippen LogP contribution is -2.51. The highest BCUT2D eigenvalue weighted by atomic mass is 16.6. The average Bonchev–Trinajstić information content (AvgIpc) is 2.66. The fraction of sp³-hybridized carbons (Fsp3) is 0.680. The van der Waals surface area contributed by atoms with E-state index in [4.69, 9.17) is 14.2 Å². The van der Waals surface area contributed by atoms with Gasteiger partial charge < -0.3 is 14.2 Å². The van der Waals surface area contributed by atoms with Gasteiger partial charge in [-0.2, -0.15) is 0 Å². The summed E-state index contributed by atoms with van der Waals surface area (Å²) in [7, 11) is 3.07. The first-order chi connectivity index (χ1) is 14.1. The lowest BCUT2D eigenvalue weighted by atomic mass is 9.48. The molecule has 1 aromatic carbocycles. The number of esters is 2. The Hall–Kier alpha value is -2.04. The van der Waals surface area contributed by atoms with Crippen LogP contribution >= 0.6 is 0 Å². The number of hydrogen-bond acceptors (Lipinski definition) is 5. The highest BCUT2D eigenvalue weighted by molar-refractivity contribution is 5.76. The summed E-state index contributed by atoms with van der Waals surface area (Å²) >= 11 is 0. The predicted molar refractivity (Wildman–Crippen MR) is 116 cm³/mol. The molecule has 5 heteroatoms. The Bertz CT molecular complexity index is 838. The summed E-state index contributed by atoms with van der Waals surface area (Å²) in [5.74, 6) is 1.06. The van der Waals surface area contributed by atoms with E-state index in [0.717, 1.165) is 43.2 Å². The molecule has 2 aliphatic carbocycles. The molecular formula is C25H36O5. The summed E-state index contributed by atoms with van der Waals surface area (Å²) in [5.41, 5.74) is 2.87. The molecule has 0 aliphatic heterocycles. The molecule has 0 radical (unpaired) electrons. The largest absolute Gasteiger partial charge is 0.493 e. The lowest BCUT2D eigenvalue weighted by molar-refractivity contribution is -0.144. The van der Waals surface area contributed by atoms with Gasteiger partial charge in [-0.1, -0.05) is 40.2 Å². The molecule has 2 atom stereocenters. The number of fused-ring (bicyclic) bond motifs is 3. The van der Waals surface area contributed by atoms with Gasteiger partial charge in [-0.25, -0.2) is 0 Å². The molecule has 0 spiro atoms. The molecule has 2 aliphatic rings. The van der Waals surface area contributed by atoms with Crippen LogP contribution < -0.4 is 9.47 Å². The van der Waals surface area contributed by atoms with Crippen LogP contribution in [-0.4, -0.2) is 26.2 Å². The van der Waals surface area contributed by atoms with Crippen molar-refractivity contribution in [3.63, 3.8) is 0 Å². The Balaban J connectivity index is 2.36. The highest BCUT2D eigenvalue weighted by Gasteiger charge is 2.55. The topological polar surface area (TPSA) is 61.8 Å². The first kappa shape index (κ1) is 22.6. The van der Waals surface area contributed by atoms with Crippen molar-refractivity contribution in [2.24, 2.45) is 11.3 Å². The molecule has 0 saturated heterocycles. The fourth-order valence-electron chi connectivity index (χ4n) is 6.19. The summed E-state index contributed by atoms with van der Waals surface area (Å²) in [6.45, 7) is 10.3. The summed E-state index contributed by atoms with van der Waals surface area (Å²) in [4.78, 5) is 24.8. The maximum atomic E-state index is 12.7. The number of aryl methyl sites for hydroxylation is 1. The van der Waals surface area contributed by atoms with E-state index in [0.29, 0.717) is 23.8 Å². The van der Waals surface area contributed by atoms with Gasteiger partial charge in [0.25, 0.3) is 0 Å². The van der Waals surface area contributed by atoms with Gasteiger partial charge in [0.05, 0.1) is 20.6 Å². The van der Waals surface area contributed by atoms with E-state index in [9.17, 15) is 9.59 Å². The van der Waals surface area contributed by atoms with E-state index >= 15 is 0 Å². The first-order valence-corrected chi connectivity index (χ1v) is 11.1. The number of hydrogen-bond donors (Lipinski definition) is 0. The minimum Gasteiger partial charge on any atom is -0.493 e. The smallest absolute Gasteiger partial charge is 0.308 e. The van der Waals surface area contributed by atoms with Crippen molar-refractivity contribution in [1.29, 1.82) is 0 Å². The second kappa shape index (κ2) is 8.24. The standard InChI is InChI=1S/C25H36O5/c1-15(2)18-13-17-9-10-19-24(4,5)11-8-12-25(19,14-20(27)28-6)21(17)23(22(18)29-7)30-16(3)26/h13,15,19H,8-12,14H2,1-7H3/t19-,25+/m0/s1. The van der Waals surface area contributed by atoms with E-state index in [1.54, 1.807) is 7.11 Å². The molecule has 0 amide bonds. The zero-order valence-electron chi connectivity index (χ0n) is 19.5. The molecule has 0 bridgehead atoms. The van der Waals surface area contributed by atoms with Gasteiger partial charge in [-0.15, -0.1) is 0 Å². The van der Waals surface area contributed by atoms with Gasteiger partial charge in [0.2, 0.25) is 0 Å². The molecule has 30 heavy (non-hydrogen) atoms. The van der Waals surface area contributed by atoms with Gasteiger partial charge in [0.1, 0.15) is 0 Å². The van der Waals surface area contributed by atoms with Crippen LogP contribution in [-0.2, 0) is 26.2 Å². The molecule has 5 nitrogen and oxygen atoms in total. The highest BCUT2D eigenvalue weighted by Crippen LogP contribution is 2.62. The monoisotopic (exact) mass is 416 g/mol. The van der Waals surface area contributed by atoms with Gasteiger partial charge >= 0.3 is 11.9 Å². The minimum atomic E-state index is -0.421. The normalized spacial score (nSPS) is 24.6.